The first-order chi connectivity index (χ1) is 8.49. The molecule has 0 saturated carbocycles. The lowest BCUT2D eigenvalue weighted by molar-refractivity contribution is 0.0774. The number of amides is 1. The molecule has 2 rings (SSSR count). The second kappa shape index (κ2) is 4.81. The number of hydrogen-bond acceptors (Lipinski definition) is 3. The Hall–Kier alpha value is -1.82. The van der Waals surface area contributed by atoms with Crippen LogP contribution in [0.5, 0.6) is 0 Å². The molecule has 0 aliphatic rings. The van der Waals surface area contributed by atoms with Gasteiger partial charge in [-0.05, 0) is 0 Å². The van der Waals surface area contributed by atoms with Gasteiger partial charge in [0.2, 0.25) is 0 Å². The van der Waals surface area contributed by atoms with Crippen LogP contribution in [0.4, 0.5) is 0 Å². The molecule has 7 heteroatoms. The summed E-state index contributed by atoms with van der Waals surface area (Å²) in [5, 5.41) is 8.38. The third kappa shape index (κ3) is 2.38. The minimum atomic E-state index is -0.163. The van der Waals surface area contributed by atoms with E-state index in [0.717, 1.165) is 5.56 Å². The minimum Gasteiger partial charge on any atom is -0.336 e. The van der Waals surface area contributed by atoms with Crippen molar-refractivity contribution in [3.05, 3.63) is 34.9 Å². The van der Waals surface area contributed by atoms with Crippen LogP contribution in [0.15, 0.2) is 18.6 Å². The summed E-state index contributed by atoms with van der Waals surface area (Å²) in [7, 11) is 5.25. The minimum absolute atomic E-state index is 0.163. The summed E-state index contributed by atoms with van der Waals surface area (Å²) in [6.45, 7) is 0.480. The molecule has 96 valence electrons. The molecule has 1 amide bonds. The average Bonchev–Trinajstić information content (AvgIpc) is 2.85. The second-order valence-electron chi connectivity index (χ2n) is 4.15. The van der Waals surface area contributed by atoms with Gasteiger partial charge >= 0.3 is 0 Å². The van der Waals surface area contributed by atoms with Crippen LogP contribution in [-0.2, 0) is 20.6 Å². The zero-order valence-electron chi connectivity index (χ0n) is 10.5. The van der Waals surface area contributed by atoms with Crippen LogP contribution < -0.4 is 0 Å². The van der Waals surface area contributed by atoms with Gasteiger partial charge in [0.25, 0.3) is 5.91 Å². The van der Waals surface area contributed by atoms with Crippen LogP contribution in [0.25, 0.3) is 0 Å². The standard InChI is InChI=1S/C11H14ClN5O/c1-15(6-8-4-13-16(2)7-8)11(18)10-9(12)5-14-17(10)3/h4-5,7H,6H2,1-3H3. The number of hydrogen-bond donors (Lipinski definition) is 0. The van der Waals surface area contributed by atoms with E-state index in [-0.39, 0.29) is 5.91 Å². The zero-order valence-corrected chi connectivity index (χ0v) is 11.2. The summed E-state index contributed by atoms with van der Waals surface area (Å²) < 4.78 is 3.18. The normalized spacial score (nSPS) is 10.7. The topological polar surface area (TPSA) is 56.0 Å². The lowest BCUT2D eigenvalue weighted by Crippen LogP contribution is -2.28. The molecule has 6 nitrogen and oxygen atoms in total. The summed E-state index contributed by atoms with van der Waals surface area (Å²) in [5.41, 5.74) is 1.36. The maximum absolute atomic E-state index is 12.2. The Kier molecular flexibility index (Phi) is 3.38. The SMILES string of the molecule is CN(Cc1cnn(C)c1)C(=O)c1c(Cl)cnn1C. The highest BCUT2D eigenvalue weighted by Crippen LogP contribution is 2.16. The molecule has 18 heavy (non-hydrogen) atoms. The monoisotopic (exact) mass is 267 g/mol. The van der Waals surface area contributed by atoms with E-state index in [1.165, 1.54) is 10.9 Å². The molecular formula is C11H14ClN5O. The van der Waals surface area contributed by atoms with Crippen molar-refractivity contribution in [2.75, 3.05) is 7.05 Å². The van der Waals surface area contributed by atoms with Crippen LogP contribution in [0.1, 0.15) is 16.1 Å². The molecular weight excluding hydrogens is 254 g/mol. The largest absolute Gasteiger partial charge is 0.336 e. The second-order valence-corrected chi connectivity index (χ2v) is 4.56. The van der Waals surface area contributed by atoms with E-state index in [0.29, 0.717) is 17.3 Å². The van der Waals surface area contributed by atoms with Crippen LogP contribution in [0.2, 0.25) is 5.02 Å². The van der Waals surface area contributed by atoms with Crippen molar-refractivity contribution in [3.63, 3.8) is 0 Å². The Morgan fingerprint density at radius 1 is 1.39 bits per heavy atom. The number of aromatic nitrogens is 4. The van der Waals surface area contributed by atoms with Crippen LogP contribution in [-0.4, -0.2) is 37.4 Å². The molecule has 0 aliphatic heterocycles. The number of rotatable bonds is 3. The van der Waals surface area contributed by atoms with Gasteiger partial charge in [-0.2, -0.15) is 10.2 Å². The molecule has 0 fully saturated rings. The number of carbonyl (C=O) groups excluding carboxylic acids is 1. The summed E-state index contributed by atoms with van der Waals surface area (Å²) in [6, 6.07) is 0. The summed E-state index contributed by atoms with van der Waals surface area (Å²) in [4.78, 5) is 13.8. The van der Waals surface area contributed by atoms with E-state index in [1.54, 1.807) is 29.9 Å². The maximum Gasteiger partial charge on any atom is 0.273 e. The number of carbonyl (C=O) groups is 1. The van der Waals surface area contributed by atoms with Crippen molar-refractivity contribution in [2.24, 2.45) is 14.1 Å². The Morgan fingerprint density at radius 3 is 2.61 bits per heavy atom. The lowest BCUT2D eigenvalue weighted by atomic mass is 10.3. The van der Waals surface area contributed by atoms with Gasteiger partial charge in [-0.15, -0.1) is 0 Å². The maximum atomic E-state index is 12.2. The van der Waals surface area contributed by atoms with Crippen molar-refractivity contribution < 1.29 is 4.79 Å². The van der Waals surface area contributed by atoms with Gasteiger partial charge in [-0.25, -0.2) is 0 Å². The number of nitrogens with zero attached hydrogens (tertiary/aromatic N) is 5. The molecule has 0 N–H and O–H groups in total. The van der Waals surface area contributed by atoms with Gasteiger partial charge in [0.1, 0.15) is 5.69 Å². The third-order valence-electron chi connectivity index (χ3n) is 2.62. The first-order valence-corrected chi connectivity index (χ1v) is 5.77. The van der Waals surface area contributed by atoms with Gasteiger partial charge in [-0.3, -0.25) is 14.2 Å². The van der Waals surface area contributed by atoms with Crippen molar-refractivity contribution in [3.8, 4) is 0 Å². The fourth-order valence-electron chi connectivity index (χ4n) is 1.73. The van der Waals surface area contributed by atoms with Gasteiger partial charge in [0.05, 0.1) is 17.4 Å². The molecule has 0 bridgehead atoms. The highest BCUT2D eigenvalue weighted by atomic mass is 35.5. The van der Waals surface area contributed by atoms with E-state index in [1.807, 2.05) is 13.2 Å². The molecule has 0 aromatic carbocycles. The Labute approximate surface area is 110 Å². The zero-order chi connectivity index (χ0) is 13.3. The van der Waals surface area contributed by atoms with E-state index in [4.69, 9.17) is 11.6 Å². The molecule has 0 atom stereocenters. The van der Waals surface area contributed by atoms with E-state index >= 15 is 0 Å². The van der Waals surface area contributed by atoms with Crippen molar-refractivity contribution >= 4 is 17.5 Å². The third-order valence-corrected chi connectivity index (χ3v) is 2.90. The first-order valence-electron chi connectivity index (χ1n) is 5.39. The quantitative estimate of drug-likeness (QED) is 0.836. The van der Waals surface area contributed by atoms with Crippen molar-refractivity contribution in [2.45, 2.75) is 6.54 Å². The predicted octanol–water partition coefficient (Wildman–Crippen LogP) is 1.08. The predicted molar refractivity (Wildman–Crippen MR) is 67.2 cm³/mol. The molecule has 0 radical (unpaired) electrons. The van der Waals surface area contributed by atoms with Crippen LogP contribution in [0.3, 0.4) is 0 Å². The highest BCUT2D eigenvalue weighted by molar-refractivity contribution is 6.33. The fraction of sp³-hybridized carbons (Fsp3) is 0.364. The number of aryl methyl sites for hydroxylation is 2. The molecule has 2 heterocycles. The van der Waals surface area contributed by atoms with Crippen LogP contribution in [0, 0.1) is 0 Å². The summed E-state index contributed by atoms with van der Waals surface area (Å²) in [6.07, 6.45) is 5.07. The number of halogens is 1. The van der Waals surface area contributed by atoms with Crippen molar-refractivity contribution in [1.82, 2.24) is 24.5 Å². The van der Waals surface area contributed by atoms with Crippen LogP contribution >= 0.6 is 11.6 Å². The first kappa shape index (κ1) is 12.6. The van der Waals surface area contributed by atoms with Gasteiger partial charge in [-0.1, -0.05) is 11.6 Å². The Balaban J connectivity index is 2.14. The molecule has 0 saturated heterocycles. The van der Waals surface area contributed by atoms with Gasteiger partial charge in [0.15, 0.2) is 0 Å². The Morgan fingerprint density at radius 2 is 2.11 bits per heavy atom. The Bertz CT molecular complexity index is 554. The lowest BCUT2D eigenvalue weighted by Gasteiger charge is -2.16. The molecule has 0 spiro atoms. The summed E-state index contributed by atoms with van der Waals surface area (Å²) in [5.74, 6) is -0.163. The molecule has 0 aliphatic carbocycles. The smallest absolute Gasteiger partial charge is 0.273 e. The fourth-order valence-corrected chi connectivity index (χ4v) is 1.98. The van der Waals surface area contributed by atoms with Crippen molar-refractivity contribution in [1.29, 1.82) is 0 Å². The van der Waals surface area contributed by atoms with E-state index in [2.05, 4.69) is 10.2 Å². The molecule has 2 aromatic rings. The van der Waals surface area contributed by atoms with Gasteiger partial charge < -0.3 is 4.90 Å². The van der Waals surface area contributed by atoms with E-state index < -0.39 is 0 Å². The molecule has 2 aromatic heterocycles. The van der Waals surface area contributed by atoms with Gasteiger partial charge in [0, 0.05) is 39.4 Å². The average molecular weight is 268 g/mol. The summed E-state index contributed by atoms with van der Waals surface area (Å²) >= 11 is 5.94. The molecule has 0 unspecified atom stereocenters. The highest BCUT2D eigenvalue weighted by Gasteiger charge is 2.19. The van der Waals surface area contributed by atoms with E-state index in [9.17, 15) is 4.79 Å².